The molecule has 0 radical (unpaired) electrons. The molecule has 0 saturated heterocycles. The van der Waals surface area contributed by atoms with Gasteiger partial charge in [0.15, 0.2) is 0 Å². The van der Waals surface area contributed by atoms with E-state index in [0.717, 1.165) is 11.6 Å². The van der Waals surface area contributed by atoms with Gasteiger partial charge in [0.25, 0.3) is 0 Å². The molecule has 194 valence electrons. The van der Waals surface area contributed by atoms with Crippen molar-refractivity contribution in [3.05, 3.63) is 71.3 Å². The van der Waals surface area contributed by atoms with E-state index in [1.807, 2.05) is 30.3 Å². The summed E-state index contributed by atoms with van der Waals surface area (Å²) < 4.78 is 50.7. The van der Waals surface area contributed by atoms with Crippen molar-refractivity contribution >= 4 is 17.8 Å². The lowest BCUT2D eigenvalue weighted by Crippen LogP contribution is -2.17. The molecule has 0 fully saturated rings. The summed E-state index contributed by atoms with van der Waals surface area (Å²) in [5.74, 6) is 0.672. The van der Waals surface area contributed by atoms with E-state index in [1.165, 1.54) is 12.1 Å². The molecule has 0 unspecified atom stereocenters. The van der Waals surface area contributed by atoms with Gasteiger partial charge in [-0.15, -0.1) is 0 Å². The van der Waals surface area contributed by atoms with Gasteiger partial charge in [0.1, 0.15) is 0 Å². The molecule has 0 amide bonds. The number of nitrogens with two attached hydrogens (primary N) is 1. The first-order valence-electron chi connectivity index (χ1n) is 11.5. The maximum absolute atomic E-state index is 13.3. The lowest BCUT2D eigenvalue weighted by atomic mass is 10.1. The lowest BCUT2D eigenvalue weighted by molar-refractivity contribution is -0.138. The monoisotopic (exact) mass is 505 g/mol. The van der Waals surface area contributed by atoms with E-state index in [1.54, 1.807) is 6.07 Å². The molecule has 12 heteroatoms. The number of aromatic nitrogens is 3. The van der Waals surface area contributed by atoms with E-state index in [4.69, 9.17) is 15.2 Å². The standard InChI is InChI=1S/C24H30F3N7O2/c25-24(26,27)20-9-5-4-8-19(20)17-31-23-33-21(29-11-13-36-15-14-35-12-10-28)32-22(34-23)30-16-18-6-2-1-3-7-18/h1-9H,10-17,28H2,(H3,29,30,31,32,33,34). The molecule has 3 aromatic rings. The average Bonchev–Trinajstić information content (AvgIpc) is 2.88. The van der Waals surface area contributed by atoms with Crippen LogP contribution in [0.15, 0.2) is 54.6 Å². The Kier molecular flexibility index (Phi) is 10.7. The Labute approximate surface area is 207 Å². The van der Waals surface area contributed by atoms with Gasteiger partial charge in [-0.25, -0.2) is 0 Å². The van der Waals surface area contributed by atoms with Gasteiger partial charge in [-0.3, -0.25) is 0 Å². The molecule has 0 aliphatic carbocycles. The van der Waals surface area contributed by atoms with E-state index < -0.39 is 11.7 Å². The molecule has 0 aliphatic rings. The van der Waals surface area contributed by atoms with Crippen LogP contribution in [0, 0.1) is 0 Å². The van der Waals surface area contributed by atoms with E-state index in [-0.39, 0.29) is 30.0 Å². The normalized spacial score (nSPS) is 11.3. The Balaban J connectivity index is 1.64. The number of hydrogen-bond donors (Lipinski definition) is 4. The summed E-state index contributed by atoms with van der Waals surface area (Å²) in [4.78, 5) is 13.0. The summed E-state index contributed by atoms with van der Waals surface area (Å²) in [7, 11) is 0. The van der Waals surface area contributed by atoms with E-state index in [9.17, 15) is 13.2 Å². The second-order valence-corrected chi connectivity index (χ2v) is 7.59. The number of nitrogens with zero attached hydrogens (tertiary/aromatic N) is 3. The molecule has 3 rings (SSSR count). The zero-order valence-corrected chi connectivity index (χ0v) is 19.7. The lowest BCUT2D eigenvalue weighted by Gasteiger charge is -2.14. The van der Waals surface area contributed by atoms with Crippen molar-refractivity contribution in [1.29, 1.82) is 0 Å². The van der Waals surface area contributed by atoms with Crippen LogP contribution in [0.2, 0.25) is 0 Å². The second-order valence-electron chi connectivity index (χ2n) is 7.59. The van der Waals surface area contributed by atoms with Crippen LogP contribution < -0.4 is 21.7 Å². The van der Waals surface area contributed by atoms with Gasteiger partial charge in [0.2, 0.25) is 17.8 Å². The van der Waals surface area contributed by atoms with Crippen molar-refractivity contribution < 1.29 is 22.6 Å². The molecule has 0 bridgehead atoms. The molecule has 5 N–H and O–H groups in total. The molecule has 2 aromatic carbocycles. The number of nitrogens with one attached hydrogen (secondary N) is 3. The summed E-state index contributed by atoms with van der Waals surface area (Å²) in [6.07, 6.45) is -4.46. The molecule has 9 nitrogen and oxygen atoms in total. The SMILES string of the molecule is NCCOCCOCCNc1nc(NCc2ccccc2)nc(NCc2ccccc2C(F)(F)F)n1. The number of hydrogen-bond acceptors (Lipinski definition) is 9. The Morgan fingerprint density at radius 2 is 1.28 bits per heavy atom. The van der Waals surface area contributed by atoms with Crippen LogP contribution in [0.25, 0.3) is 0 Å². The van der Waals surface area contributed by atoms with Crippen LogP contribution in [-0.2, 0) is 28.7 Å². The summed E-state index contributed by atoms with van der Waals surface area (Å²) in [6.45, 7) is 2.96. The van der Waals surface area contributed by atoms with Crippen molar-refractivity contribution in [2.75, 3.05) is 55.5 Å². The number of halogens is 3. The number of benzene rings is 2. The molecule has 36 heavy (non-hydrogen) atoms. The minimum Gasteiger partial charge on any atom is -0.378 e. The number of alkyl halides is 3. The van der Waals surface area contributed by atoms with E-state index >= 15 is 0 Å². The topological polar surface area (TPSA) is 119 Å². The summed E-state index contributed by atoms with van der Waals surface area (Å²) in [5.41, 5.74) is 5.76. The third kappa shape index (κ3) is 9.29. The van der Waals surface area contributed by atoms with Crippen molar-refractivity contribution in [3.63, 3.8) is 0 Å². The van der Waals surface area contributed by atoms with Crippen LogP contribution in [0.5, 0.6) is 0 Å². The van der Waals surface area contributed by atoms with E-state index in [2.05, 4.69) is 30.9 Å². The quantitative estimate of drug-likeness (QED) is 0.230. The smallest absolute Gasteiger partial charge is 0.378 e. The van der Waals surface area contributed by atoms with Crippen molar-refractivity contribution in [1.82, 2.24) is 15.0 Å². The highest BCUT2D eigenvalue weighted by Gasteiger charge is 2.32. The molecular weight excluding hydrogens is 475 g/mol. The average molecular weight is 506 g/mol. The molecule has 0 atom stereocenters. The predicted molar refractivity (Wildman–Crippen MR) is 132 cm³/mol. The Bertz CT molecular complexity index is 1060. The van der Waals surface area contributed by atoms with Crippen molar-refractivity contribution in [2.24, 2.45) is 5.73 Å². The minimum atomic E-state index is -4.46. The second kappa shape index (κ2) is 14.2. The molecule has 0 saturated carbocycles. The largest absolute Gasteiger partial charge is 0.416 e. The Morgan fingerprint density at radius 3 is 1.94 bits per heavy atom. The summed E-state index contributed by atoms with van der Waals surface area (Å²) in [5, 5.41) is 9.06. The van der Waals surface area contributed by atoms with Gasteiger partial charge in [-0.1, -0.05) is 48.5 Å². The predicted octanol–water partition coefficient (Wildman–Crippen LogP) is 3.52. The van der Waals surface area contributed by atoms with Crippen LogP contribution in [0.1, 0.15) is 16.7 Å². The number of anilines is 3. The van der Waals surface area contributed by atoms with Crippen molar-refractivity contribution in [3.8, 4) is 0 Å². The van der Waals surface area contributed by atoms with Gasteiger partial charge < -0.3 is 31.2 Å². The maximum atomic E-state index is 13.3. The van der Waals surface area contributed by atoms with Gasteiger partial charge in [0.05, 0.1) is 32.0 Å². The summed E-state index contributed by atoms with van der Waals surface area (Å²) >= 11 is 0. The molecule has 1 heterocycles. The highest BCUT2D eigenvalue weighted by atomic mass is 19.4. The first-order chi connectivity index (χ1) is 17.5. The summed E-state index contributed by atoms with van der Waals surface area (Å²) in [6, 6.07) is 15.0. The zero-order valence-electron chi connectivity index (χ0n) is 19.7. The van der Waals surface area contributed by atoms with Gasteiger partial charge in [0, 0.05) is 26.2 Å². The molecular formula is C24H30F3N7O2. The fraction of sp³-hybridized carbons (Fsp3) is 0.375. The minimum absolute atomic E-state index is 0.0870. The Hall–Kier alpha value is -3.48. The molecule has 1 aromatic heterocycles. The molecule has 0 spiro atoms. The highest BCUT2D eigenvalue weighted by molar-refractivity contribution is 5.43. The first-order valence-corrected chi connectivity index (χ1v) is 11.5. The van der Waals surface area contributed by atoms with Crippen LogP contribution >= 0.6 is 0 Å². The molecule has 0 aliphatic heterocycles. The third-order valence-corrected chi connectivity index (χ3v) is 4.85. The van der Waals surface area contributed by atoms with Crippen LogP contribution in [0.3, 0.4) is 0 Å². The third-order valence-electron chi connectivity index (χ3n) is 4.85. The number of ether oxygens (including phenoxy) is 2. The zero-order chi connectivity index (χ0) is 25.6. The van der Waals surface area contributed by atoms with Gasteiger partial charge in [-0.2, -0.15) is 28.1 Å². The van der Waals surface area contributed by atoms with Gasteiger partial charge in [-0.05, 0) is 17.2 Å². The van der Waals surface area contributed by atoms with Crippen LogP contribution in [-0.4, -0.2) is 54.5 Å². The maximum Gasteiger partial charge on any atom is 0.416 e. The van der Waals surface area contributed by atoms with E-state index in [0.29, 0.717) is 46.1 Å². The van der Waals surface area contributed by atoms with Crippen LogP contribution in [0.4, 0.5) is 31.0 Å². The fourth-order valence-corrected chi connectivity index (χ4v) is 3.16. The number of rotatable bonds is 15. The Morgan fingerprint density at radius 1 is 0.694 bits per heavy atom. The first kappa shape index (κ1) is 27.1. The van der Waals surface area contributed by atoms with Crippen molar-refractivity contribution in [2.45, 2.75) is 19.3 Å². The highest BCUT2D eigenvalue weighted by Crippen LogP contribution is 2.32. The van der Waals surface area contributed by atoms with Gasteiger partial charge >= 0.3 is 6.18 Å². The fourth-order valence-electron chi connectivity index (χ4n) is 3.16.